The normalized spacial score (nSPS) is 12.0. The molecule has 0 aromatic heterocycles. The van der Waals surface area contributed by atoms with Crippen LogP contribution in [0, 0.1) is 6.92 Å². The van der Waals surface area contributed by atoms with Gasteiger partial charge in [0.15, 0.2) is 5.84 Å². The zero-order valence-electron chi connectivity index (χ0n) is 24.9. The maximum Gasteiger partial charge on any atom is 0.284 e. The first-order valence-electron chi connectivity index (χ1n) is 14.7. The van der Waals surface area contributed by atoms with Gasteiger partial charge in [-0.25, -0.2) is 0 Å². The third-order valence-corrected chi connectivity index (χ3v) is 13.3. The summed E-state index contributed by atoms with van der Waals surface area (Å²) in [6.45, 7) is -0.782. The van der Waals surface area contributed by atoms with Crippen molar-refractivity contribution in [2.45, 2.75) is 11.8 Å². The van der Waals surface area contributed by atoms with E-state index in [0.717, 1.165) is 38.0 Å². The van der Waals surface area contributed by atoms with Gasteiger partial charge >= 0.3 is 0 Å². The summed E-state index contributed by atoms with van der Waals surface area (Å²) in [6, 6.07) is 57.5. The number of nitrogens with zero attached hydrogens (tertiary/aromatic N) is 1. The summed E-state index contributed by atoms with van der Waals surface area (Å²) in [5.74, 6) is 0.277. The predicted molar refractivity (Wildman–Crippen MR) is 192 cm³/mol. The largest absolute Gasteiger partial charge is 0.339 e. The van der Waals surface area contributed by atoms with Crippen LogP contribution in [0.1, 0.15) is 11.1 Å². The van der Waals surface area contributed by atoms with Crippen LogP contribution in [0.25, 0.3) is 0 Å². The molecule has 0 amide bonds. The van der Waals surface area contributed by atoms with E-state index in [2.05, 4.69) is 46.1 Å². The van der Waals surface area contributed by atoms with Crippen LogP contribution in [-0.2, 0) is 10.0 Å². The van der Waals surface area contributed by atoms with Gasteiger partial charge in [0.25, 0.3) is 10.0 Å². The Labute approximate surface area is 265 Å². The van der Waals surface area contributed by atoms with Gasteiger partial charge in [0.05, 0.1) is 4.90 Å². The monoisotopic (exact) mass is 624 g/mol. The maximum absolute atomic E-state index is 14.1. The average Bonchev–Trinajstić information content (AvgIpc) is 3.10. The number of rotatable bonds is 8. The summed E-state index contributed by atoms with van der Waals surface area (Å²) in [7, 11) is -4.13. The van der Waals surface area contributed by atoms with Crippen molar-refractivity contribution < 1.29 is 8.42 Å². The van der Waals surface area contributed by atoms with Crippen molar-refractivity contribution in [1.29, 1.82) is 0 Å². The molecule has 0 saturated heterocycles. The molecule has 0 unspecified atom stereocenters. The molecule has 0 aliphatic heterocycles. The summed E-state index contributed by atoms with van der Waals surface area (Å²) in [4.78, 5) is 0.128. The van der Waals surface area contributed by atoms with Gasteiger partial charge in [0.2, 0.25) is 0 Å². The number of amidine groups is 1. The molecule has 0 fully saturated rings. The van der Waals surface area contributed by atoms with Gasteiger partial charge in [0.1, 0.15) is 0 Å². The van der Waals surface area contributed by atoms with Crippen molar-refractivity contribution in [3.05, 3.63) is 187 Å². The van der Waals surface area contributed by atoms with Crippen molar-refractivity contribution >= 4 is 49.6 Å². The van der Waals surface area contributed by atoms with E-state index in [1.807, 2.05) is 116 Å². The minimum atomic E-state index is -4.13. The van der Waals surface area contributed by atoms with Gasteiger partial charge in [0, 0.05) is 11.0 Å². The van der Waals surface area contributed by atoms with Crippen molar-refractivity contribution in [3.8, 4) is 0 Å². The lowest BCUT2D eigenvalue weighted by Crippen LogP contribution is -2.37. The fourth-order valence-corrected chi connectivity index (χ4v) is 11.1. The van der Waals surface area contributed by atoms with E-state index < -0.39 is 16.9 Å². The highest BCUT2D eigenvalue weighted by atomic mass is 32.2. The molecular formula is C39H33N2O2PS. The third-order valence-electron chi connectivity index (χ3n) is 7.60. The quantitative estimate of drug-likeness (QED) is 0.109. The maximum atomic E-state index is 14.1. The van der Waals surface area contributed by atoms with Gasteiger partial charge in [-0.2, -0.15) is 8.42 Å². The van der Waals surface area contributed by atoms with Crippen LogP contribution < -0.4 is 21.2 Å². The first-order valence-corrected chi connectivity index (χ1v) is 17.9. The molecule has 1 N–H and O–H groups in total. The number of nitrogens with one attached hydrogen (secondary N) is 1. The van der Waals surface area contributed by atoms with Crippen LogP contribution >= 0.6 is 6.89 Å². The summed E-state index contributed by atoms with van der Waals surface area (Å²) < 4.78 is 32.9. The second-order valence-corrected chi connectivity index (χ2v) is 15.6. The highest BCUT2D eigenvalue weighted by Gasteiger charge is 2.34. The second-order valence-electron chi connectivity index (χ2n) is 10.6. The zero-order chi connectivity index (χ0) is 31.1. The van der Waals surface area contributed by atoms with Crippen molar-refractivity contribution in [3.63, 3.8) is 0 Å². The van der Waals surface area contributed by atoms with Gasteiger partial charge in [-0.1, -0.05) is 157 Å². The molecule has 222 valence electrons. The summed E-state index contributed by atoms with van der Waals surface area (Å²) >= 11 is 0. The van der Waals surface area contributed by atoms with E-state index in [1.165, 1.54) is 0 Å². The van der Waals surface area contributed by atoms with Crippen LogP contribution in [0.15, 0.2) is 185 Å². The van der Waals surface area contributed by atoms with Gasteiger partial charge in [-0.05, 0) is 59.6 Å². The molecule has 0 saturated carbocycles. The topological polar surface area (TPSA) is 58.5 Å². The third kappa shape index (κ3) is 6.32. The number of benzene rings is 6. The predicted octanol–water partition coefficient (Wildman–Crippen LogP) is 7.41. The standard InChI is InChI=1S/C39H33N2O2PS/c1-31-27-29-33(30-28-31)40-39(41-45(42,43)37-25-15-6-16-26-37)38(32-17-7-2-8-18-32)44(34-19-9-3-10-20-34,35-21-11-4-12-22-35)36-23-13-5-14-24-36/h2-30H,1H3,(H,40,41). The van der Waals surface area contributed by atoms with E-state index in [0.29, 0.717) is 0 Å². The Hall–Kier alpha value is -4.96. The first kappa shape index (κ1) is 30.1. The summed E-state index contributed by atoms with van der Waals surface area (Å²) in [5, 5.41) is 7.56. The Bertz CT molecular complexity index is 1960. The molecular weight excluding hydrogens is 591 g/mol. The van der Waals surface area contributed by atoms with E-state index in [9.17, 15) is 8.42 Å². The van der Waals surface area contributed by atoms with Crippen molar-refractivity contribution in [1.82, 2.24) is 0 Å². The van der Waals surface area contributed by atoms with Gasteiger partial charge in [-0.15, -0.1) is 4.40 Å². The summed E-state index contributed by atoms with van der Waals surface area (Å²) in [6.07, 6.45) is 0. The SMILES string of the molecule is Cc1ccc(N/C(=N/S(=O)(=O)c2ccccc2)C(c2ccccc2)=P(c2ccccc2)(c2ccccc2)c2ccccc2)cc1. The zero-order valence-corrected chi connectivity index (χ0v) is 26.6. The molecule has 6 heteroatoms. The number of hydrogen-bond donors (Lipinski definition) is 1. The fourth-order valence-electron chi connectivity index (χ4n) is 5.54. The smallest absolute Gasteiger partial charge is 0.284 e. The Morgan fingerprint density at radius 1 is 0.533 bits per heavy atom. The van der Waals surface area contributed by atoms with Crippen LogP contribution in [-0.4, -0.2) is 19.5 Å². The van der Waals surface area contributed by atoms with Gasteiger partial charge in [-0.3, -0.25) is 0 Å². The minimum absolute atomic E-state index is 0.128. The minimum Gasteiger partial charge on any atom is -0.339 e. The first-order chi connectivity index (χ1) is 22.0. The molecule has 6 aromatic carbocycles. The van der Waals surface area contributed by atoms with Crippen LogP contribution in [0.3, 0.4) is 0 Å². The molecule has 0 bridgehead atoms. The number of sulfonamides is 1. The molecule has 0 atom stereocenters. The van der Waals surface area contributed by atoms with Crippen LogP contribution in [0.4, 0.5) is 5.69 Å². The molecule has 0 aliphatic rings. The average molecular weight is 625 g/mol. The second kappa shape index (κ2) is 13.4. The van der Waals surface area contributed by atoms with E-state index in [1.54, 1.807) is 30.3 Å². The lowest BCUT2D eigenvalue weighted by Gasteiger charge is -2.34. The highest BCUT2D eigenvalue weighted by Crippen LogP contribution is 2.48. The van der Waals surface area contributed by atoms with Gasteiger partial charge < -0.3 is 5.32 Å². The van der Waals surface area contributed by atoms with E-state index >= 15 is 0 Å². The Kier molecular flexibility index (Phi) is 8.93. The Morgan fingerprint density at radius 3 is 1.38 bits per heavy atom. The molecule has 0 spiro atoms. The van der Waals surface area contributed by atoms with E-state index in [4.69, 9.17) is 0 Å². The molecule has 0 radical (unpaired) electrons. The van der Waals surface area contributed by atoms with Crippen LogP contribution in [0.5, 0.6) is 0 Å². The Balaban J connectivity index is 1.85. The fraction of sp³-hybridized carbons (Fsp3) is 0.0256. The van der Waals surface area contributed by atoms with Crippen molar-refractivity contribution in [2.75, 3.05) is 5.32 Å². The lowest BCUT2D eigenvalue weighted by atomic mass is 10.1. The highest BCUT2D eigenvalue weighted by molar-refractivity contribution is 7.97. The Morgan fingerprint density at radius 2 is 0.933 bits per heavy atom. The number of anilines is 1. The molecule has 45 heavy (non-hydrogen) atoms. The molecule has 6 aromatic rings. The van der Waals surface area contributed by atoms with Crippen LogP contribution in [0.2, 0.25) is 0 Å². The number of aryl methyl sites for hydroxylation is 1. The molecule has 0 aliphatic carbocycles. The lowest BCUT2D eigenvalue weighted by molar-refractivity contribution is 0.598. The molecule has 4 nitrogen and oxygen atoms in total. The molecule has 6 rings (SSSR count). The summed E-state index contributed by atoms with van der Waals surface area (Å²) in [5.41, 5.74) is 2.72. The van der Waals surface area contributed by atoms with Crippen molar-refractivity contribution in [2.24, 2.45) is 4.40 Å². The molecule has 0 heterocycles. The van der Waals surface area contributed by atoms with E-state index in [-0.39, 0.29) is 10.7 Å². The number of hydrogen-bond acceptors (Lipinski definition) is 2.